The van der Waals surface area contributed by atoms with E-state index in [1.54, 1.807) is 19.2 Å². The van der Waals surface area contributed by atoms with Crippen molar-refractivity contribution in [1.82, 2.24) is 19.9 Å². The van der Waals surface area contributed by atoms with E-state index in [-0.39, 0.29) is 17.8 Å². The van der Waals surface area contributed by atoms with Crippen molar-refractivity contribution >= 4 is 0 Å². The monoisotopic (exact) mass is 392 g/mol. The van der Waals surface area contributed by atoms with Gasteiger partial charge in [0.05, 0.1) is 26.0 Å². The van der Waals surface area contributed by atoms with Gasteiger partial charge in [-0.3, -0.25) is 4.68 Å². The van der Waals surface area contributed by atoms with Crippen LogP contribution in [0.1, 0.15) is 17.4 Å². The van der Waals surface area contributed by atoms with Crippen LogP contribution in [0.3, 0.4) is 0 Å². The topological polar surface area (TPSA) is 75.2 Å². The summed E-state index contributed by atoms with van der Waals surface area (Å²) in [6.45, 7) is 1.00. The second-order valence-electron chi connectivity index (χ2n) is 6.71. The molecule has 0 saturated carbocycles. The largest absolute Gasteiger partial charge is 0.497 e. The van der Waals surface area contributed by atoms with Gasteiger partial charge in [-0.15, -0.1) is 0 Å². The maximum atomic E-state index is 13.4. The number of benzene rings is 2. The van der Waals surface area contributed by atoms with Gasteiger partial charge in [0.15, 0.2) is 5.69 Å². The van der Waals surface area contributed by atoms with E-state index in [9.17, 15) is 4.39 Å². The van der Waals surface area contributed by atoms with Crippen molar-refractivity contribution in [1.29, 1.82) is 0 Å². The molecule has 1 atom stereocenters. The van der Waals surface area contributed by atoms with Gasteiger partial charge in [-0.2, -0.15) is 10.1 Å². The molecule has 146 valence electrons. The zero-order chi connectivity index (χ0) is 19.8. The first-order valence-corrected chi connectivity index (χ1v) is 9.12. The number of ether oxygens (including phenoxy) is 2. The van der Waals surface area contributed by atoms with Crippen LogP contribution in [0.4, 0.5) is 4.39 Å². The van der Waals surface area contributed by atoms with E-state index in [1.165, 1.54) is 12.1 Å². The summed E-state index contributed by atoms with van der Waals surface area (Å²) in [5.41, 5.74) is 3.09. The van der Waals surface area contributed by atoms with Crippen LogP contribution in [0.15, 0.2) is 59.1 Å². The molecule has 1 aliphatic heterocycles. The summed E-state index contributed by atoms with van der Waals surface area (Å²) >= 11 is 0. The van der Waals surface area contributed by atoms with E-state index in [4.69, 9.17) is 14.0 Å². The van der Waals surface area contributed by atoms with Gasteiger partial charge in [0.2, 0.25) is 5.82 Å². The molecule has 0 N–H and O–H groups in total. The molecular weight excluding hydrogens is 375 g/mol. The highest BCUT2D eigenvalue weighted by atomic mass is 19.1. The summed E-state index contributed by atoms with van der Waals surface area (Å²) in [6.07, 6.45) is -0.105. The number of hydrogen-bond donors (Lipinski definition) is 0. The van der Waals surface area contributed by atoms with Crippen molar-refractivity contribution in [2.24, 2.45) is 0 Å². The number of fused-ring (bicyclic) bond motifs is 1. The molecule has 3 heterocycles. The summed E-state index contributed by atoms with van der Waals surface area (Å²) in [4.78, 5) is 4.36. The Bertz CT molecular complexity index is 1150. The van der Waals surface area contributed by atoms with Crippen LogP contribution in [0.25, 0.3) is 23.0 Å². The number of halogens is 1. The molecule has 0 amide bonds. The lowest BCUT2D eigenvalue weighted by Crippen LogP contribution is -2.21. The lowest BCUT2D eigenvalue weighted by Gasteiger charge is -2.24. The van der Waals surface area contributed by atoms with Crippen LogP contribution in [0, 0.1) is 5.82 Å². The molecular formula is C21H17FN4O3. The van der Waals surface area contributed by atoms with E-state index in [0.29, 0.717) is 30.2 Å². The summed E-state index contributed by atoms with van der Waals surface area (Å²) in [5, 5.41) is 8.54. The highest BCUT2D eigenvalue weighted by Crippen LogP contribution is 2.30. The summed E-state index contributed by atoms with van der Waals surface area (Å²) in [7, 11) is 1.64. The minimum Gasteiger partial charge on any atom is -0.497 e. The average molecular weight is 392 g/mol. The Kier molecular flexibility index (Phi) is 4.33. The van der Waals surface area contributed by atoms with E-state index in [0.717, 1.165) is 17.0 Å². The maximum absolute atomic E-state index is 13.4. The van der Waals surface area contributed by atoms with Gasteiger partial charge >= 0.3 is 0 Å². The molecule has 4 aromatic rings. The molecule has 0 unspecified atom stereocenters. The third-order valence-electron chi connectivity index (χ3n) is 4.85. The summed E-state index contributed by atoms with van der Waals surface area (Å²) in [6, 6.07) is 15.7. The standard InChI is InChI=1S/C21H17FN4O3/c1-27-17-7-5-13(6-8-17)19-11-26-16(12-28-19)10-18(24-26)21-23-20(25-29-21)14-3-2-4-15(22)9-14/h2-10,19H,11-12H2,1H3/t19-/m0/s1. The molecule has 5 rings (SSSR count). The van der Waals surface area contributed by atoms with Crippen LogP contribution in [-0.2, 0) is 17.9 Å². The predicted molar refractivity (Wildman–Crippen MR) is 101 cm³/mol. The average Bonchev–Trinajstić information content (AvgIpc) is 3.40. The quantitative estimate of drug-likeness (QED) is 0.522. The number of nitrogens with zero attached hydrogens (tertiary/aromatic N) is 4. The number of methoxy groups -OCH3 is 1. The Labute approximate surface area is 165 Å². The van der Waals surface area contributed by atoms with Gasteiger partial charge in [0, 0.05) is 5.56 Å². The van der Waals surface area contributed by atoms with Gasteiger partial charge in [0.25, 0.3) is 5.89 Å². The number of aromatic nitrogens is 4. The second-order valence-corrected chi connectivity index (χ2v) is 6.71. The van der Waals surface area contributed by atoms with E-state index < -0.39 is 0 Å². The molecule has 0 bridgehead atoms. The van der Waals surface area contributed by atoms with E-state index in [2.05, 4.69) is 15.2 Å². The predicted octanol–water partition coefficient (Wildman–Crippen LogP) is 4.02. The molecule has 0 fully saturated rings. The van der Waals surface area contributed by atoms with Crippen LogP contribution < -0.4 is 4.74 Å². The first kappa shape index (κ1) is 17.6. The van der Waals surface area contributed by atoms with Gasteiger partial charge in [0.1, 0.15) is 17.7 Å². The number of hydrogen-bond acceptors (Lipinski definition) is 6. The normalized spacial score (nSPS) is 15.9. The van der Waals surface area contributed by atoms with Crippen molar-refractivity contribution in [2.45, 2.75) is 19.3 Å². The fourth-order valence-electron chi connectivity index (χ4n) is 3.32. The van der Waals surface area contributed by atoms with Crippen LogP contribution in [0.2, 0.25) is 0 Å². The van der Waals surface area contributed by atoms with Crippen molar-refractivity contribution in [3.05, 3.63) is 71.7 Å². The lowest BCUT2D eigenvalue weighted by molar-refractivity contribution is -0.00115. The van der Waals surface area contributed by atoms with Crippen LogP contribution in [-0.4, -0.2) is 27.0 Å². The molecule has 0 spiro atoms. The molecule has 7 nitrogen and oxygen atoms in total. The zero-order valence-electron chi connectivity index (χ0n) is 15.6. The van der Waals surface area contributed by atoms with E-state index in [1.807, 2.05) is 35.0 Å². The Morgan fingerprint density at radius 3 is 2.79 bits per heavy atom. The van der Waals surface area contributed by atoms with Gasteiger partial charge in [-0.25, -0.2) is 4.39 Å². The molecule has 8 heteroatoms. The maximum Gasteiger partial charge on any atom is 0.278 e. The van der Waals surface area contributed by atoms with Gasteiger partial charge in [-0.05, 0) is 35.9 Å². The van der Waals surface area contributed by atoms with Crippen molar-refractivity contribution in [2.75, 3.05) is 7.11 Å². The Morgan fingerprint density at radius 2 is 2.00 bits per heavy atom. The molecule has 29 heavy (non-hydrogen) atoms. The first-order chi connectivity index (χ1) is 14.2. The minimum atomic E-state index is -0.354. The highest BCUT2D eigenvalue weighted by Gasteiger charge is 2.24. The third kappa shape index (κ3) is 3.38. The molecule has 1 aliphatic rings. The number of rotatable bonds is 4. The highest BCUT2D eigenvalue weighted by molar-refractivity contribution is 5.58. The minimum absolute atomic E-state index is 0.105. The molecule has 0 aliphatic carbocycles. The Morgan fingerprint density at radius 1 is 1.14 bits per heavy atom. The third-order valence-corrected chi connectivity index (χ3v) is 4.85. The summed E-state index contributed by atoms with van der Waals surface area (Å²) in [5.74, 6) is 1.05. The van der Waals surface area contributed by atoms with Crippen LogP contribution >= 0.6 is 0 Å². The zero-order valence-corrected chi connectivity index (χ0v) is 15.6. The van der Waals surface area contributed by atoms with E-state index >= 15 is 0 Å². The molecule has 0 radical (unpaired) electrons. The Hall–Kier alpha value is -3.52. The smallest absolute Gasteiger partial charge is 0.278 e. The first-order valence-electron chi connectivity index (χ1n) is 9.12. The van der Waals surface area contributed by atoms with Crippen molar-refractivity contribution in [3.63, 3.8) is 0 Å². The Balaban J connectivity index is 1.38. The van der Waals surface area contributed by atoms with Crippen molar-refractivity contribution < 1.29 is 18.4 Å². The fourth-order valence-corrected chi connectivity index (χ4v) is 3.32. The van der Waals surface area contributed by atoms with Crippen LogP contribution in [0.5, 0.6) is 5.75 Å². The van der Waals surface area contributed by atoms with Gasteiger partial charge < -0.3 is 14.0 Å². The fraction of sp³-hybridized carbons (Fsp3) is 0.190. The molecule has 2 aromatic carbocycles. The molecule has 2 aromatic heterocycles. The lowest BCUT2D eigenvalue weighted by atomic mass is 10.1. The van der Waals surface area contributed by atoms with Gasteiger partial charge in [-0.1, -0.05) is 29.4 Å². The van der Waals surface area contributed by atoms with Crippen molar-refractivity contribution in [3.8, 4) is 28.7 Å². The summed E-state index contributed by atoms with van der Waals surface area (Å²) < 4.78 is 31.9. The second kappa shape index (κ2) is 7.14. The molecule has 0 saturated heterocycles. The SMILES string of the molecule is COc1ccc([C@@H]2Cn3nc(-c4nc(-c5cccc(F)c5)no4)cc3CO2)cc1.